The number of hydrogen-bond donors (Lipinski definition) is 1. The van der Waals surface area contributed by atoms with Crippen LogP contribution in [0.5, 0.6) is 0 Å². The molecule has 0 saturated carbocycles. The van der Waals surface area contributed by atoms with Gasteiger partial charge in [0, 0.05) is 17.1 Å². The molecule has 0 aromatic heterocycles. The van der Waals surface area contributed by atoms with Crippen molar-refractivity contribution in [2.75, 3.05) is 13.1 Å². The lowest BCUT2D eigenvalue weighted by atomic mass is 10.2. The zero-order valence-electron chi connectivity index (χ0n) is 9.98. The van der Waals surface area contributed by atoms with Crippen LogP contribution in [0, 0.1) is 0 Å². The highest BCUT2D eigenvalue weighted by molar-refractivity contribution is 7.89. The first kappa shape index (κ1) is 14.4. The van der Waals surface area contributed by atoms with Gasteiger partial charge in [0.2, 0.25) is 10.0 Å². The maximum atomic E-state index is 11.5. The van der Waals surface area contributed by atoms with Crippen molar-refractivity contribution in [3.05, 3.63) is 28.8 Å². The molecule has 4 nitrogen and oxygen atoms in total. The van der Waals surface area contributed by atoms with Gasteiger partial charge in [-0.25, -0.2) is 13.6 Å². The van der Waals surface area contributed by atoms with Gasteiger partial charge in [0.15, 0.2) is 0 Å². The number of nitrogens with zero attached hydrogens (tertiary/aromatic N) is 1. The van der Waals surface area contributed by atoms with Gasteiger partial charge in [0.05, 0.1) is 4.90 Å². The standard InChI is InChI=1S/C11H17ClN2O2S/c1-3-14(4-2)8-9-10(12)6-5-7-11(9)17(13,15)16/h5-7H,3-4,8H2,1-2H3,(H2,13,15,16). The molecule has 6 heteroatoms. The fraction of sp³-hybridized carbons (Fsp3) is 0.455. The van der Waals surface area contributed by atoms with E-state index in [1.165, 1.54) is 6.07 Å². The molecule has 1 rings (SSSR count). The quantitative estimate of drug-likeness (QED) is 0.892. The minimum Gasteiger partial charge on any atom is -0.300 e. The molecule has 0 spiro atoms. The predicted octanol–water partition coefficient (Wildman–Crippen LogP) is 1.83. The largest absolute Gasteiger partial charge is 0.300 e. The second-order valence-electron chi connectivity index (χ2n) is 3.72. The number of benzene rings is 1. The van der Waals surface area contributed by atoms with Crippen LogP contribution >= 0.6 is 11.6 Å². The Morgan fingerprint density at radius 2 is 1.88 bits per heavy atom. The molecule has 96 valence electrons. The Balaban J connectivity index is 3.22. The van der Waals surface area contributed by atoms with Crippen LogP contribution in [-0.2, 0) is 16.6 Å². The number of halogens is 1. The maximum absolute atomic E-state index is 11.5. The van der Waals surface area contributed by atoms with Crippen molar-refractivity contribution < 1.29 is 8.42 Å². The van der Waals surface area contributed by atoms with Crippen molar-refractivity contribution in [2.24, 2.45) is 5.14 Å². The Bertz CT molecular complexity index is 484. The predicted molar refractivity (Wildman–Crippen MR) is 69.5 cm³/mol. The summed E-state index contributed by atoms with van der Waals surface area (Å²) in [5.74, 6) is 0. The highest BCUT2D eigenvalue weighted by atomic mass is 35.5. The van der Waals surface area contributed by atoms with E-state index in [4.69, 9.17) is 16.7 Å². The van der Waals surface area contributed by atoms with Crippen LogP contribution in [0.25, 0.3) is 0 Å². The van der Waals surface area contributed by atoms with Crippen molar-refractivity contribution in [1.82, 2.24) is 4.90 Å². The lowest BCUT2D eigenvalue weighted by Crippen LogP contribution is -2.24. The van der Waals surface area contributed by atoms with Gasteiger partial charge in [-0.1, -0.05) is 31.5 Å². The Morgan fingerprint density at radius 3 is 2.35 bits per heavy atom. The van der Waals surface area contributed by atoms with Crippen LogP contribution in [-0.4, -0.2) is 26.4 Å². The zero-order valence-corrected chi connectivity index (χ0v) is 11.6. The Kier molecular flexibility index (Phi) is 4.94. The number of nitrogens with two attached hydrogens (primary N) is 1. The summed E-state index contributed by atoms with van der Waals surface area (Å²) in [6.07, 6.45) is 0. The molecule has 0 radical (unpaired) electrons. The van der Waals surface area contributed by atoms with Crippen molar-refractivity contribution in [3.63, 3.8) is 0 Å². The number of primary sulfonamides is 1. The summed E-state index contributed by atoms with van der Waals surface area (Å²) in [7, 11) is -3.73. The third-order valence-electron chi connectivity index (χ3n) is 2.66. The molecule has 17 heavy (non-hydrogen) atoms. The fourth-order valence-corrected chi connectivity index (χ4v) is 2.71. The highest BCUT2D eigenvalue weighted by Crippen LogP contribution is 2.24. The van der Waals surface area contributed by atoms with Crippen LogP contribution in [0.15, 0.2) is 23.1 Å². The lowest BCUT2D eigenvalue weighted by Gasteiger charge is -2.20. The molecule has 1 aromatic carbocycles. The lowest BCUT2D eigenvalue weighted by molar-refractivity contribution is 0.293. The normalized spacial score (nSPS) is 12.1. The molecule has 0 amide bonds. The highest BCUT2D eigenvalue weighted by Gasteiger charge is 2.17. The minimum absolute atomic E-state index is 0.108. The second-order valence-corrected chi connectivity index (χ2v) is 5.66. The Hall–Kier alpha value is -0.620. The van der Waals surface area contributed by atoms with E-state index in [-0.39, 0.29) is 4.90 Å². The smallest absolute Gasteiger partial charge is 0.238 e. The molecule has 0 heterocycles. The Morgan fingerprint density at radius 1 is 1.29 bits per heavy atom. The van der Waals surface area contributed by atoms with Crippen molar-refractivity contribution >= 4 is 21.6 Å². The van der Waals surface area contributed by atoms with Gasteiger partial charge in [0.1, 0.15) is 0 Å². The van der Waals surface area contributed by atoms with Crippen LogP contribution in [0.3, 0.4) is 0 Å². The molecule has 0 bridgehead atoms. The average Bonchev–Trinajstić information content (AvgIpc) is 2.26. The van der Waals surface area contributed by atoms with Crippen LogP contribution in [0.4, 0.5) is 0 Å². The molecule has 0 aliphatic rings. The molecular weight excluding hydrogens is 260 g/mol. The summed E-state index contributed by atoms with van der Waals surface area (Å²) < 4.78 is 22.9. The van der Waals surface area contributed by atoms with Gasteiger partial charge in [-0.3, -0.25) is 4.90 Å². The summed E-state index contributed by atoms with van der Waals surface area (Å²) in [6, 6.07) is 4.75. The van der Waals surface area contributed by atoms with Crippen LogP contribution in [0.2, 0.25) is 5.02 Å². The van der Waals surface area contributed by atoms with E-state index in [2.05, 4.69) is 4.90 Å². The first-order chi connectivity index (χ1) is 7.90. The van der Waals surface area contributed by atoms with Gasteiger partial charge in [-0.2, -0.15) is 0 Å². The minimum atomic E-state index is -3.73. The SMILES string of the molecule is CCN(CC)Cc1c(Cl)cccc1S(N)(=O)=O. The van der Waals surface area contributed by atoms with E-state index in [0.717, 1.165) is 13.1 Å². The van der Waals surface area contributed by atoms with Crippen LogP contribution < -0.4 is 5.14 Å². The van der Waals surface area contributed by atoms with Crippen molar-refractivity contribution in [3.8, 4) is 0 Å². The maximum Gasteiger partial charge on any atom is 0.238 e. The molecule has 1 aromatic rings. The first-order valence-corrected chi connectivity index (χ1v) is 7.35. The fourth-order valence-electron chi connectivity index (χ4n) is 1.63. The first-order valence-electron chi connectivity index (χ1n) is 5.42. The van der Waals surface area contributed by atoms with Crippen LogP contribution in [0.1, 0.15) is 19.4 Å². The van der Waals surface area contributed by atoms with E-state index < -0.39 is 10.0 Å². The van der Waals surface area contributed by atoms with Gasteiger partial charge >= 0.3 is 0 Å². The van der Waals surface area contributed by atoms with E-state index in [0.29, 0.717) is 17.1 Å². The third kappa shape index (κ3) is 3.67. The molecule has 0 unspecified atom stereocenters. The van der Waals surface area contributed by atoms with E-state index >= 15 is 0 Å². The van der Waals surface area contributed by atoms with E-state index in [1.54, 1.807) is 12.1 Å². The summed E-state index contributed by atoms with van der Waals surface area (Å²) >= 11 is 6.05. The molecule has 2 N–H and O–H groups in total. The summed E-state index contributed by atoms with van der Waals surface area (Å²) in [6.45, 7) is 6.16. The number of rotatable bonds is 5. The average molecular weight is 277 g/mol. The summed E-state index contributed by atoms with van der Waals surface area (Å²) in [5.41, 5.74) is 0.570. The molecule has 0 atom stereocenters. The van der Waals surface area contributed by atoms with Gasteiger partial charge in [-0.05, 0) is 25.2 Å². The topological polar surface area (TPSA) is 63.4 Å². The third-order valence-corrected chi connectivity index (χ3v) is 4.01. The molecule has 0 fully saturated rings. The van der Waals surface area contributed by atoms with Gasteiger partial charge in [0.25, 0.3) is 0 Å². The van der Waals surface area contributed by atoms with E-state index in [9.17, 15) is 8.42 Å². The second kappa shape index (κ2) is 5.82. The van der Waals surface area contributed by atoms with E-state index in [1.807, 2.05) is 13.8 Å². The van der Waals surface area contributed by atoms with Gasteiger partial charge < -0.3 is 0 Å². The number of hydrogen-bond acceptors (Lipinski definition) is 3. The molecule has 0 aliphatic heterocycles. The monoisotopic (exact) mass is 276 g/mol. The summed E-state index contributed by atoms with van der Waals surface area (Å²) in [4.78, 5) is 2.19. The van der Waals surface area contributed by atoms with Crippen molar-refractivity contribution in [2.45, 2.75) is 25.3 Å². The molecular formula is C11H17ClN2O2S. The van der Waals surface area contributed by atoms with Gasteiger partial charge in [-0.15, -0.1) is 0 Å². The van der Waals surface area contributed by atoms with Crippen molar-refractivity contribution in [1.29, 1.82) is 0 Å². The Labute approximate surface area is 107 Å². The zero-order chi connectivity index (χ0) is 13.1. The molecule has 0 aliphatic carbocycles. The number of sulfonamides is 1. The molecule has 0 saturated heterocycles. The summed E-state index contributed by atoms with van der Waals surface area (Å²) in [5, 5.41) is 5.61.